The largest absolute Gasteiger partial charge is 0.345 e. The van der Waals surface area contributed by atoms with Crippen molar-refractivity contribution in [3.8, 4) is 0 Å². The zero-order chi connectivity index (χ0) is 20.7. The van der Waals surface area contributed by atoms with E-state index >= 15 is 0 Å². The molecule has 1 unspecified atom stereocenters. The summed E-state index contributed by atoms with van der Waals surface area (Å²) in [5, 5.41) is 3.93. The molecule has 1 aromatic heterocycles. The van der Waals surface area contributed by atoms with Gasteiger partial charge in [-0.25, -0.2) is 4.39 Å². The molecule has 2 aromatic carbocycles. The predicted octanol–water partition coefficient (Wildman–Crippen LogP) is 2.77. The number of hydrogen-bond donors (Lipinski definition) is 1. The maximum atomic E-state index is 13.3. The lowest BCUT2D eigenvalue weighted by Gasteiger charge is -2.43. The summed E-state index contributed by atoms with van der Waals surface area (Å²) >= 11 is 1.77. The van der Waals surface area contributed by atoms with E-state index in [0.29, 0.717) is 13.1 Å². The van der Waals surface area contributed by atoms with E-state index in [1.54, 1.807) is 16.2 Å². The van der Waals surface area contributed by atoms with Crippen molar-refractivity contribution in [2.24, 2.45) is 0 Å². The molecule has 0 radical (unpaired) electrons. The number of nitrogens with zero attached hydrogens (tertiary/aromatic N) is 2. The van der Waals surface area contributed by atoms with Crippen molar-refractivity contribution in [1.82, 2.24) is 15.1 Å². The van der Waals surface area contributed by atoms with Crippen molar-refractivity contribution in [2.75, 3.05) is 26.2 Å². The van der Waals surface area contributed by atoms with Gasteiger partial charge in [-0.15, -0.1) is 11.3 Å². The van der Waals surface area contributed by atoms with Crippen molar-refractivity contribution in [3.05, 3.63) is 70.4 Å². The van der Waals surface area contributed by atoms with Gasteiger partial charge in [0.05, 0.1) is 6.54 Å². The maximum Gasteiger partial charge on any atom is 0.244 e. The number of hydrogen-bond acceptors (Lipinski definition) is 4. The summed E-state index contributed by atoms with van der Waals surface area (Å²) in [5.41, 5.74) is 2.34. The second-order valence-electron chi connectivity index (χ2n) is 7.86. The quantitative estimate of drug-likeness (QED) is 0.702. The van der Waals surface area contributed by atoms with Crippen molar-refractivity contribution < 1.29 is 14.0 Å². The second kappa shape index (κ2) is 7.81. The summed E-state index contributed by atoms with van der Waals surface area (Å²) in [7, 11) is 0. The highest BCUT2D eigenvalue weighted by atomic mass is 32.1. The highest BCUT2D eigenvalue weighted by Gasteiger charge is 2.38. The number of benzene rings is 2. The van der Waals surface area contributed by atoms with Crippen LogP contribution in [0.15, 0.2) is 48.5 Å². The van der Waals surface area contributed by atoms with E-state index < -0.39 is 6.04 Å². The van der Waals surface area contributed by atoms with Gasteiger partial charge in [-0.05, 0) is 34.7 Å². The van der Waals surface area contributed by atoms with Gasteiger partial charge in [0, 0.05) is 42.2 Å². The average molecular weight is 424 g/mol. The van der Waals surface area contributed by atoms with E-state index in [0.717, 1.165) is 25.1 Å². The van der Waals surface area contributed by atoms with Gasteiger partial charge in [0.25, 0.3) is 0 Å². The molecular formula is C23H22FN3O2S. The molecule has 30 heavy (non-hydrogen) atoms. The molecule has 0 saturated carbocycles. The van der Waals surface area contributed by atoms with Crippen LogP contribution in [0.5, 0.6) is 0 Å². The Morgan fingerprint density at radius 2 is 1.87 bits per heavy atom. The summed E-state index contributed by atoms with van der Waals surface area (Å²) in [5.74, 6) is -0.299. The first-order valence-corrected chi connectivity index (χ1v) is 10.9. The number of halogens is 1. The molecule has 2 fully saturated rings. The van der Waals surface area contributed by atoms with Crippen molar-refractivity contribution in [1.29, 1.82) is 0 Å². The third-order valence-corrected chi connectivity index (χ3v) is 7.16. The standard InChI is InChI=1S/C23H22FN3O2S/c24-16-7-5-15(6-8-16)11-21-18(17-3-1-2-4-20(17)30-21)13-26-9-10-27-19(14-26)23(29)25-12-22(27)28/h1-8,19H,9-14H2,(H,25,29). The molecule has 0 bridgehead atoms. The van der Waals surface area contributed by atoms with E-state index in [2.05, 4.69) is 22.3 Å². The van der Waals surface area contributed by atoms with Crippen molar-refractivity contribution in [2.45, 2.75) is 19.0 Å². The van der Waals surface area contributed by atoms with Crippen molar-refractivity contribution >= 4 is 33.2 Å². The highest BCUT2D eigenvalue weighted by Crippen LogP contribution is 2.34. The van der Waals surface area contributed by atoms with Gasteiger partial charge in [-0.3, -0.25) is 14.5 Å². The van der Waals surface area contributed by atoms with E-state index in [9.17, 15) is 14.0 Å². The van der Waals surface area contributed by atoms with Crippen LogP contribution >= 0.6 is 11.3 Å². The molecule has 1 atom stereocenters. The molecule has 3 aromatic rings. The zero-order valence-electron chi connectivity index (χ0n) is 16.4. The number of carbonyl (C=O) groups is 2. The minimum Gasteiger partial charge on any atom is -0.345 e. The molecule has 5 rings (SSSR count). The predicted molar refractivity (Wildman–Crippen MR) is 115 cm³/mol. The maximum absolute atomic E-state index is 13.3. The first kappa shape index (κ1) is 19.2. The normalized spacial score (nSPS) is 19.8. The Hall–Kier alpha value is -2.77. The van der Waals surface area contributed by atoms with E-state index in [1.807, 2.05) is 24.3 Å². The van der Waals surface area contributed by atoms with Crippen LogP contribution in [0.3, 0.4) is 0 Å². The fraction of sp³-hybridized carbons (Fsp3) is 0.304. The molecule has 0 aliphatic carbocycles. The third-order valence-electron chi connectivity index (χ3n) is 5.94. The summed E-state index contributed by atoms with van der Waals surface area (Å²) < 4.78 is 14.5. The number of rotatable bonds is 4. The first-order chi connectivity index (χ1) is 14.6. The third kappa shape index (κ3) is 3.59. The first-order valence-electron chi connectivity index (χ1n) is 10.1. The number of nitrogens with one attached hydrogen (secondary N) is 1. The molecule has 3 heterocycles. The van der Waals surface area contributed by atoms with Crippen LogP contribution in [-0.2, 0) is 22.6 Å². The van der Waals surface area contributed by atoms with E-state index in [-0.39, 0.29) is 24.2 Å². The lowest BCUT2D eigenvalue weighted by molar-refractivity contribution is -0.149. The van der Waals surface area contributed by atoms with Crippen LogP contribution in [0.1, 0.15) is 16.0 Å². The Morgan fingerprint density at radius 1 is 1.07 bits per heavy atom. The Bertz CT molecular complexity index is 1110. The van der Waals surface area contributed by atoms with Gasteiger partial charge < -0.3 is 10.2 Å². The number of fused-ring (bicyclic) bond motifs is 2. The van der Waals surface area contributed by atoms with Gasteiger partial charge in [-0.1, -0.05) is 30.3 Å². The summed E-state index contributed by atoms with van der Waals surface area (Å²) in [6.07, 6.45) is 0.747. The van der Waals surface area contributed by atoms with Crippen molar-refractivity contribution in [3.63, 3.8) is 0 Å². The number of piperazine rings is 2. The molecule has 2 aliphatic rings. The van der Waals surface area contributed by atoms with Crippen LogP contribution in [0, 0.1) is 5.82 Å². The summed E-state index contributed by atoms with van der Waals surface area (Å²) in [6, 6.07) is 14.6. The lowest BCUT2D eigenvalue weighted by atomic mass is 10.0. The van der Waals surface area contributed by atoms with Crippen LogP contribution in [0.2, 0.25) is 0 Å². The van der Waals surface area contributed by atoms with Gasteiger partial charge in [0.1, 0.15) is 11.9 Å². The molecule has 154 valence electrons. The average Bonchev–Trinajstić information content (AvgIpc) is 3.09. The molecule has 1 N–H and O–H groups in total. The molecular weight excluding hydrogens is 401 g/mol. The Labute approximate surface area is 178 Å². The van der Waals surface area contributed by atoms with Crippen LogP contribution < -0.4 is 5.32 Å². The zero-order valence-corrected chi connectivity index (χ0v) is 17.3. The summed E-state index contributed by atoms with van der Waals surface area (Å²) in [6.45, 7) is 2.69. The Kier molecular flexibility index (Phi) is 5.00. The fourth-order valence-electron chi connectivity index (χ4n) is 4.36. The summed E-state index contributed by atoms with van der Waals surface area (Å²) in [4.78, 5) is 29.7. The number of amides is 2. The van der Waals surface area contributed by atoms with Gasteiger partial charge in [0.2, 0.25) is 11.8 Å². The van der Waals surface area contributed by atoms with Gasteiger partial charge in [-0.2, -0.15) is 0 Å². The van der Waals surface area contributed by atoms with E-state index in [1.165, 1.54) is 32.7 Å². The molecule has 2 aliphatic heterocycles. The molecule has 5 nitrogen and oxygen atoms in total. The molecule has 2 amide bonds. The molecule has 7 heteroatoms. The second-order valence-corrected chi connectivity index (χ2v) is 9.00. The smallest absolute Gasteiger partial charge is 0.244 e. The molecule has 0 spiro atoms. The van der Waals surface area contributed by atoms with Gasteiger partial charge in [0.15, 0.2) is 0 Å². The van der Waals surface area contributed by atoms with Crippen LogP contribution in [0.25, 0.3) is 10.1 Å². The number of carbonyl (C=O) groups excluding carboxylic acids is 2. The minimum absolute atomic E-state index is 0.00256. The SMILES string of the molecule is O=C1NCC(=O)N2CCN(Cc3c(Cc4ccc(F)cc4)sc4ccccc34)CC12. The van der Waals surface area contributed by atoms with Crippen LogP contribution in [0.4, 0.5) is 4.39 Å². The fourth-order valence-corrected chi connectivity index (χ4v) is 5.61. The monoisotopic (exact) mass is 423 g/mol. The topological polar surface area (TPSA) is 52.7 Å². The molecule has 2 saturated heterocycles. The van der Waals surface area contributed by atoms with Crippen LogP contribution in [-0.4, -0.2) is 53.8 Å². The Morgan fingerprint density at radius 3 is 2.70 bits per heavy atom. The van der Waals surface area contributed by atoms with Gasteiger partial charge >= 0.3 is 0 Å². The highest BCUT2D eigenvalue weighted by molar-refractivity contribution is 7.19. The minimum atomic E-state index is -0.412. The van der Waals surface area contributed by atoms with E-state index in [4.69, 9.17) is 0 Å². The Balaban J connectivity index is 1.43. The lowest BCUT2D eigenvalue weighted by Crippen LogP contribution is -2.65. The number of thiophene rings is 1.